The first-order valence-electron chi connectivity index (χ1n) is 3.86. The second kappa shape index (κ2) is 6.42. The molecule has 0 saturated carbocycles. The molecule has 1 N–H and O–H groups in total. The molecule has 1 unspecified atom stereocenters. The number of aliphatic hydroxyl groups excluding tert-OH is 1. The van der Waals surface area contributed by atoms with E-state index < -0.39 is 15.6 Å². The van der Waals surface area contributed by atoms with E-state index in [1.165, 1.54) is 6.08 Å². The minimum atomic E-state index is -4.65. The van der Waals surface area contributed by atoms with Crippen LogP contribution in [0, 0.1) is 0 Å². The Morgan fingerprint density at radius 2 is 1.80 bits per heavy atom. The normalized spacial score (nSPS) is 13.5. The van der Waals surface area contributed by atoms with Crippen molar-refractivity contribution in [2.75, 3.05) is 0 Å². The molecule has 6 heteroatoms. The second-order valence-corrected chi connectivity index (χ2v) is 4.12. The van der Waals surface area contributed by atoms with Gasteiger partial charge < -0.3 is 9.66 Å². The van der Waals surface area contributed by atoms with E-state index in [2.05, 4.69) is 0 Å². The van der Waals surface area contributed by atoms with Gasteiger partial charge in [0, 0.05) is 0 Å². The summed E-state index contributed by atoms with van der Waals surface area (Å²) in [6.45, 7) is 0. The predicted molar refractivity (Wildman–Crippen MR) is 51.2 cm³/mol. The van der Waals surface area contributed by atoms with Crippen molar-refractivity contribution in [1.82, 2.24) is 0 Å². The number of rotatable bonds is 3. The molecule has 76 valence electrons. The molecule has 0 amide bonds. The molecule has 1 aromatic carbocycles. The molecule has 15 heavy (non-hydrogen) atoms. The molecule has 1 atom stereocenters. The Balaban J connectivity index is 0.00000196. The van der Waals surface area contributed by atoms with Gasteiger partial charge in [0.05, 0.1) is 0 Å². The molecule has 0 bridgehead atoms. The van der Waals surface area contributed by atoms with Crippen molar-refractivity contribution in [3.63, 3.8) is 0 Å². The van der Waals surface area contributed by atoms with Crippen LogP contribution in [0.4, 0.5) is 0 Å². The first-order valence-corrected chi connectivity index (χ1v) is 5.33. The quantitative estimate of drug-likeness (QED) is 0.467. The van der Waals surface area contributed by atoms with Crippen LogP contribution in [0.15, 0.2) is 36.4 Å². The van der Waals surface area contributed by atoms with Crippen LogP contribution >= 0.6 is 0 Å². The van der Waals surface area contributed by atoms with Gasteiger partial charge in [-0.3, -0.25) is 0 Å². The molecule has 0 aliphatic rings. The van der Waals surface area contributed by atoms with Crippen LogP contribution in [0.5, 0.6) is 0 Å². The molecule has 4 nitrogen and oxygen atoms in total. The molecule has 0 fully saturated rings. The molecular weight excluding hydrogens is 227 g/mol. The second-order valence-electron chi connectivity index (χ2n) is 2.65. The maximum atomic E-state index is 10.3. The molecule has 0 heterocycles. The maximum Gasteiger partial charge on any atom is 1.00 e. The number of hydrogen-bond donors (Lipinski definition) is 1. The third kappa shape index (κ3) is 5.46. The van der Waals surface area contributed by atoms with Gasteiger partial charge in [0.15, 0.2) is 5.44 Å². The van der Waals surface area contributed by atoms with E-state index >= 15 is 0 Å². The number of hydrogen-bond acceptors (Lipinski definition) is 4. The third-order valence-corrected chi connectivity index (χ3v) is 2.30. The van der Waals surface area contributed by atoms with E-state index in [1.807, 2.05) is 0 Å². The average Bonchev–Trinajstić information content (AvgIpc) is 2.14. The van der Waals surface area contributed by atoms with Crippen LogP contribution in [-0.2, 0) is 10.1 Å². The fourth-order valence-corrected chi connectivity index (χ4v) is 1.12. The molecule has 0 saturated heterocycles. The molecule has 0 aromatic heterocycles. The van der Waals surface area contributed by atoms with E-state index in [9.17, 15) is 13.0 Å². The first kappa shape index (κ1) is 14.8. The zero-order chi connectivity index (χ0) is 10.6. The molecule has 0 aliphatic heterocycles. The van der Waals surface area contributed by atoms with Crippen LogP contribution in [0.2, 0.25) is 0 Å². The van der Waals surface area contributed by atoms with E-state index in [0.717, 1.165) is 11.6 Å². The largest absolute Gasteiger partial charge is 1.00 e. The topological polar surface area (TPSA) is 77.4 Å². The Morgan fingerprint density at radius 3 is 2.27 bits per heavy atom. The zero-order valence-corrected chi connectivity index (χ0v) is 11.0. The summed E-state index contributed by atoms with van der Waals surface area (Å²) in [5, 5.41) is 8.86. The van der Waals surface area contributed by atoms with E-state index in [-0.39, 0.29) is 29.6 Å². The van der Waals surface area contributed by atoms with Crippen molar-refractivity contribution in [2.45, 2.75) is 5.44 Å². The molecule has 0 spiro atoms. The Bertz CT molecular complexity index is 413. The minimum Gasteiger partial charge on any atom is -0.746 e. The monoisotopic (exact) mass is 236 g/mol. The van der Waals surface area contributed by atoms with Gasteiger partial charge in [0.1, 0.15) is 10.1 Å². The van der Waals surface area contributed by atoms with Gasteiger partial charge in [-0.15, -0.1) is 0 Å². The molecular formula is C9H9NaO4S. The van der Waals surface area contributed by atoms with Gasteiger partial charge in [-0.25, -0.2) is 8.42 Å². The van der Waals surface area contributed by atoms with Crippen molar-refractivity contribution in [3.8, 4) is 0 Å². The molecule has 0 aliphatic carbocycles. The minimum absolute atomic E-state index is 0. The summed E-state index contributed by atoms with van der Waals surface area (Å²) >= 11 is 0. The number of benzene rings is 1. The van der Waals surface area contributed by atoms with Crippen molar-refractivity contribution < 1.29 is 47.6 Å². The summed E-state index contributed by atoms with van der Waals surface area (Å²) in [5.41, 5.74) is -1.27. The van der Waals surface area contributed by atoms with Gasteiger partial charge in [0.25, 0.3) is 0 Å². The van der Waals surface area contributed by atoms with Crippen molar-refractivity contribution in [1.29, 1.82) is 0 Å². The summed E-state index contributed by atoms with van der Waals surface area (Å²) in [5.74, 6) is 0. The summed E-state index contributed by atoms with van der Waals surface area (Å²) in [6.07, 6.45) is 2.32. The van der Waals surface area contributed by atoms with E-state index in [1.54, 1.807) is 30.3 Å². The van der Waals surface area contributed by atoms with E-state index in [4.69, 9.17) is 5.11 Å². The van der Waals surface area contributed by atoms with Gasteiger partial charge in [-0.1, -0.05) is 36.4 Å². The molecule has 1 aromatic rings. The fraction of sp³-hybridized carbons (Fsp3) is 0.111. The predicted octanol–water partition coefficient (Wildman–Crippen LogP) is -2.43. The summed E-state index contributed by atoms with van der Waals surface area (Å²) < 4.78 is 30.9. The standard InChI is InChI=1S/C9H10O4S.Na/c10-9(14(11,12)13)7-6-8-4-2-1-3-5-8;/h1-7,9-10H,(H,11,12,13);/q;+1/p-1. The third-order valence-electron chi connectivity index (χ3n) is 1.55. The summed E-state index contributed by atoms with van der Waals surface area (Å²) in [4.78, 5) is 0. The number of aliphatic hydroxyl groups is 1. The summed E-state index contributed by atoms with van der Waals surface area (Å²) in [7, 11) is -4.65. The molecule has 1 rings (SSSR count). The average molecular weight is 236 g/mol. The van der Waals surface area contributed by atoms with Crippen molar-refractivity contribution in [3.05, 3.63) is 42.0 Å². The molecule has 0 radical (unpaired) electrons. The van der Waals surface area contributed by atoms with Crippen LogP contribution in [0.3, 0.4) is 0 Å². The van der Waals surface area contributed by atoms with Gasteiger partial charge in [-0.05, 0) is 11.6 Å². The Kier molecular flexibility index (Phi) is 6.35. The Morgan fingerprint density at radius 1 is 1.27 bits per heavy atom. The smallest absolute Gasteiger partial charge is 0.746 e. The van der Waals surface area contributed by atoms with Crippen LogP contribution in [-0.4, -0.2) is 23.5 Å². The van der Waals surface area contributed by atoms with E-state index in [0.29, 0.717) is 0 Å². The Hall–Kier alpha value is -0.170. The first-order chi connectivity index (χ1) is 6.50. The Labute approximate surface area is 111 Å². The van der Waals surface area contributed by atoms with Gasteiger partial charge in [0.2, 0.25) is 0 Å². The fourth-order valence-electron chi connectivity index (χ4n) is 0.854. The van der Waals surface area contributed by atoms with Crippen molar-refractivity contribution in [2.24, 2.45) is 0 Å². The van der Waals surface area contributed by atoms with Crippen LogP contribution < -0.4 is 29.6 Å². The van der Waals surface area contributed by atoms with Gasteiger partial charge >= 0.3 is 29.6 Å². The van der Waals surface area contributed by atoms with Crippen molar-refractivity contribution >= 4 is 16.2 Å². The summed E-state index contributed by atoms with van der Waals surface area (Å²) in [6, 6.07) is 8.77. The maximum absolute atomic E-state index is 10.3. The zero-order valence-electron chi connectivity index (χ0n) is 8.20. The van der Waals surface area contributed by atoms with Crippen LogP contribution in [0.1, 0.15) is 5.56 Å². The van der Waals surface area contributed by atoms with Gasteiger partial charge in [-0.2, -0.15) is 0 Å². The SMILES string of the molecule is O=S(=O)([O-])C(O)C=Cc1ccccc1.[Na+]. The van der Waals surface area contributed by atoms with Crippen LogP contribution in [0.25, 0.3) is 6.08 Å².